The van der Waals surface area contributed by atoms with Crippen molar-refractivity contribution >= 4 is 5.78 Å². The van der Waals surface area contributed by atoms with Crippen LogP contribution in [0.3, 0.4) is 0 Å². The fraction of sp³-hybridized carbons (Fsp3) is 0.533. The molecular formula is C15H21NO5. The minimum atomic E-state index is -0.382. The highest BCUT2D eigenvalue weighted by Gasteiger charge is 2.09. The zero-order valence-corrected chi connectivity index (χ0v) is 12.2. The summed E-state index contributed by atoms with van der Waals surface area (Å²) in [6.45, 7) is 2.29. The first-order valence-corrected chi connectivity index (χ1v) is 7.11. The topological polar surface area (TPSA) is 78.7 Å². The molecule has 6 heteroatoms. The molecule has 1 aliphatic heterocycles. The third kappa shape index (κ3) is 7.29. The maximum absolute atomic E-state index is 11.0. The number of hydrogen-bond donors (Lipinski definition) is 0. The maximum Gasteiger partial charge on any atom is 0.231 e. The number of carbonyl (C=O) groups is 1. The Morgan fingerprint density at radius 3 is 2.29 bits per heavy atom. The molecule has 0 aromatic heterocycles. The van der Waals surface area contributed by atoms with Crippen molar-refractivity contribution in [2.24, 2.45) is 0 Å². The number of rotatable bonds is 7. The summed E-state index contributed by atoms with van der Waals surface area (Å²) < 4.78 is 10.2. The first kappa shape index (κ1) is 16.9. The van der Waals surface area contributed by atoms with Crippen LogP contribution in [0.15, 0.2) is 24.3 Å². The van der Waals surface area contributed by atoms with Gasteiger partial charge in [0.15, 0.2) is 11.5 Å². The van der Waals surface area contributed by atoms with Crippen molar-refractivity contribution in [1.82, 2.24) is 0 Å². The van der Waals surface area contributed by atoms with Gasteiger partial charge in [0.05, 0.1) is 0 Å². The number of unbranched alkanes of at least 4 members (excludes halogenated alkanes) is 1. The van der Waals surface area contributed by atoms with E-state index in [4.69, 9.17) is 9.47 Å². The Bertz CT molecular complexity index is 438. The first-order valence-electron chi connectivity index (χ1n) is 7.11. The molecule has 1 heterocycles. The highest BCUT2D eigenvalue weighted by molar-refractivity contribution is 5.78. The highest BCUT2D eigenvalue weighted by Crippen LogP contribution is 2.30. The highest BCUT2D eigenvalue weighted by atomic mass is 16.7. The van der Waals surface area contributed by atoms with Crippen LogP contribution in [-0.2, 0) is 4.79 Å². The summed E-state index contributed by atoms with van der Waals surface area (Å²) in [5.74, 6) is 1.84. The van der Waals surface area contributed by atoms with Crippen LogP contribution in [0.5, 0.6) is 11.5 Å². The van der Waals surface area contributed by atoms with Gasteiger partial charge in [0, 0.05) is 24.2 Å². The normalized spacial score (nSPS) is 11.5. The second kappa shape index (κ2) is 9.74. The Balaban J connectivity index is 0.000000216. The number of nitro groups is 1. The average Bonchev–Trinajstić information content (AvgIpc) is 2.94. The van der Waals surface area contributed by atoms with Crippen LogP contribution in [0.25, 0.3) is 0 Å². The smallest absolute Gasteiger partial charge is 0.231 e. The summed E-state index contributed by atoms with van der Waals surface area (Å²) in [5, 5.41) is 9.89. The molecule has 0 fully saturated rings. The summed E-state index contributed by atoms with van der Waals surface area (Å²) in [7, 11) is 0. The lowest BCUT2D eigenvalue weighted by Crippen LogP contribution is -2.04. The van der Waals surface area contributed by atoms with E-state index in [2.05, 4.69) is 0 Å². The molecular weight excluding hydrogens is 274 g/mol. The van der Waals surface area contributed by atoms with E-state index >= 15 is 0 Å². The first-order chi connectivity index (χ1) is 10.1. The molecule has 1 aromatic carbocycles. The van der Waals surface area contributed by atoms with Crippen LogP contribution in [0.2, 0.25) is 0 Å². The quantitative estimate of drug-likeness (QED) is 0.570. The van der Waals surface area contributed by atoms with E-state index in [0.29, 0.717) is 26.1 Å². The molecule has 6 nitrogen and oxygen atoms in total. The third-order valence-corrected chi connectivity index (χ3v) is 2.88. The number of fused-ring (bicyclic) bond motifs is 1. The molecule has 1 aromatic rings. The second-order valence-corrected chi connectivity index (χ2v) is 4.66. The number of para-hydroxylation sites is 2. The third-order valence-electron chi connectivity index (χ3n) is 2.88. The lowest BCUT2D eigenvalue weighted by Gasteiger charge is -1.96. The van der Waals surface area contributed by atoms with Gasteiger partial charge in [-0.25, -0.2) is 0 Å². The number of ether oxygens (including phenoxy) is 2. The van der Waals surface area contributed by atoms with Gasteiger partial charge in [-0.2, -0.15) is 0 Å². The van der Waals surface area contributed by atoms with Gasteiger partial charge in [-0.1, -0.05) is 25.5 Å². The van der Waals surface area contributed by atoms with Crippen molar-refractivity contribution < 1.29 is 19.2 Å². The number of benzene rings is 1. The van der Waals surface area contributed by atoms with Gasteiger partial charge < -0.3 is 9.47 Å². The number of hydrogen-bond acceptors (Lipinski definition) is 5. The zero-order valence-electron chi connectivity index (χ0n) is 12.2. The molecule has 0 atom stereocenters. The number of ketones is 1. The average molecular weight is 295 g/mol. The van der Waals surface area contributed by atoms with E-state index in [-0.39, 0.29) is 17.3 Å². The van der Waals surface area contributed by atoms with E-state index in [0.717, 1.165) is 24.3 Å². The number of carbonyl (C=O) groups excluding carboxylic acids is 1. The number of nitrogens with zero attached hydrogens (tertiary/aromatic N) is 1. The van der Waals surface area contributed by atoms with Crippen LogP contribution in [-0.4, -0.2) is 24.0 Å². The molecule has 1 aliphatic rings. The van der Waals surface area contributed by atoms with Crippen molar-refractivity contribution in [3.05, 3.63) is 34.4 Å². The number of Topliss-reactive ketones (excluding diaryl/α,β-unsaturated/α-hetero) is 1. The summed E-state index contributed by atoms with van der Waals surface area (Å²) in [5.41, 5.74) is 0. The van der Waals surface area contributed by atoms with Crippen molar-refractivity contribution in [3.63, 3.8) is 0 Å². The van der Waals surface area contributed by atoms with Gasteiger partial charge in [-0.3, -0.25) is 14.9 Å². The van der Waals surface area contributed by atoms with Crippen LogP contribution in [0.1, 0.15) is 39.0 Å². The van der Waals surface area contributed by atoms with E-state index in [1.54, 1.807) is 0 Å². The monoisotopic (exact) mass is 295 g/mol. The molecule has 0 saturated heterocycles. The Morgan fingerprint density at radius 2 is 1.76 bits per heavy atom. The van der Waals surface area contributed by atoms with E-state index in [1.807, 2.05) is 31.2 Å². The molecule has 116 valence electrons. The molecule has 0 unspecified atom stereocenters. The summed E-state index contributed by atoms with van der Waals surface area (Å²) >= 11 is 0. The van der Waals surface area contributed by atoms with Crippen LogP contribution in [0.4, 0.5) is 0 Å². The van der Waals surface area contributed by atoms with E-state index < -0.39 is 0 Å². The summed E-state index contributed by atoms with van der Waals surface area (Å²) in [6.07, 6.45) is 3.23. The van der Waals surface area contributed by atoms with E-state index in [1.165, 1.54) is 0 Å². The second-order valence-electron chi connectivity index (χ2n) is 4.66. The minimum Gasteiger partial charge on any atom is -0.454 e. The molecule has 0 saturated carbocycles. The molecule has 0 spiro atoms. The van der Waals surface area contributed by atoms with Gasteiger partial charge in [0.2, 0.25) is 13.3 Å². The van der Waals surface area contributed by atoms with Gasteiger partial charge >= 0.3 is 0 Å². The summed E-state index contributed by atoms with van der Waals surface area (Å²) in [4.78, 5) is 20.5. The van der Waals surface area contributed by atoms with E-state index in [9.17, 15) is 14.9 Å². The summed E-state index contributed by atoms with van der Waals surface area (Å²) in [6, 6.07) is 7.63. The Hall–Kier alpha value is -2.11. The van der Waals surface area contributed by atoms with Gasteiger partial charge in [0.25, 0.3) is 0 Å². The van der Waals surface area contributed by atoms with Crippen LogP contribution >= 0.6 is 0 Å². The van der Waals surface area contributed by atoms with Crippen molar-refractivity contribution in [2.75, 3.05) is 13.3 Å². The fourth-order valence-electron chi connectivity index (χ4n) is 1.75. The molecule has 2 rings (SSSR count). The Kier molecular flexibility index (Phi) is 7.86. The van der Waals surface area contributed by atoms with Crippen molar-refractivity contribution in [3.8, 4) is 11.5 Å². The molecule has 0 bridgehead atoms. The van der Waals surface area contributed by atoms with Gasteiger partial charge in [0.1, 0.15) is 5.78 Å². The predicted molar refractivity (Wildman–Crippen MR) is 78.2 cm³/mol. The fourth-order valence-corrected chi connectivity index (χ4v) is 1.75. The lowest BCUT2D eigenvalue weighted by atomic mass is 10.1. The minimum absolute atomic E-state index is 0.0855. The lowest BCUT2D eigenvalue weighted by molar-refractivity contribution is -0.480. The van der Waals surface area contributed by atoms with Gasteiger partial charge in [-0.15, -0.1) is 0 Å². The molecule has 0 N–H and O–H groups in total. The molecule has 21 heavy (non-hydrogen) atoms. The predicted octanol–water partition coefficient (Wildman–Crippen LogP) is 3.22. The van der Waals surface area contributed by atoms with Gasteiger partial charge in [-0.05, 0) is 18.6 Å². The van der Waals surface area contributed by atoms with Crippen molar-refractivity contribution in [2.45, 2.75) is 39.0 Å². The Labute approximate surface area is 124 Å². The maximum atomic E-state index is 11.0. The molecule has 0 radical (unpaired) electrons. The standard InChI is InChI=1S/C8H15NO3.C7H6O2/c1-2-3-5-8(10)6-4-7-9(11)12;1-2-4-7-6(3-1)8-5-9-7/h2-7H2,1H3;1-4H,5H2. The van der Waals surface area contributed by atoms with Crippen molar-refractivity contribution in [1.29, 1.82) is 0 Å². The zero-order chi connectivity index (χ0) is 15.5. The van der Waals surface area contributed by atoms with Crippen LogP contribution in [0, 0.1) is 10.1 Å². The molecule has 0 amide bonds. The Morgan fingerprint density at radius 1 is 1.19 bits per heavy atom. The largest absolute Gasteiger partial charge is 0.454 e. The SMILES string of the molecule is CCCCC(=O)CCC[N+](=O)[O-].c1ccc2c(c1)OCO2. The molecule has 0 aliphatic carbocycles. The van der Waals surface area contributed by atoms with Crippen LogP contribution < -0.4 is 9.47 Å².